The highest BCUT2D eigenvalue weighted by Gasteiger charge is 2.44. The molecule has 4 heteroatoms. The lowest BCUT2D eigenvalue weighted by Gasteiger charge is -2.53. The van der Waals surface area contributed by atoms with Gasteiger partial charge in [-0.3, -0.25) is 9.69 Å². The van der Waals surface area contributed by atoms with Crippen molar-refractivity contribution in [3.05, 3.63) is 28.8 Å². The lowest BCUT2D eigenvalue weighted by Crippen LogP contribution is -2.60. The van der Waals surface area contributed by atoms with Gasteiger partial charge in [-0.2, -0.15) is 0 Å². The maximum Gasteiger partial charge on any atom is 0.309 e. The Morgan fingerprint density at radius 2 is 1.44 bits per heavy atom. The van der Waals surface area contributed by atoms with Crippen LogP contribution in [0.4, 0.5) is 0 Å². The zero-order chi connectivity index (χ0) is 24.9. The highest BCUT2D eigenvalue weighted by Crippen LogP contribution is 2.41. The Hall–Kier alpha value is -1.55. The van der Waals surface area contributed by atoms with Gasteiger partial charge < -0.3 is 9.84 Å². The number of phenolic OH excluding ortho intramolecular Hbond substituents is 1. The Balaban J connectivity index is 2.23. The number of carbonyl (C=O) groups excluding carboxylic acids is 1. The van der Waals surface area contributed by atoms with Crippen LogP contribution in [0.2, 0.25) is 0 Å². The molecule has 1 aromatic rings. The third-order valence-corrected chi connectivity index (χ3v) is 7.28. The maximum atomic E-state index is 13.1. The van der Waals surface area contributed by atoms with Crippen molar-refractivity contribution in [2.24, 2.45) is 5.92 Å². The number of rotatable bonds is 4. The fourth-order valence-corrected chi connectivity index (χ4v) is 5.04. The van der Waals surface area contributed by atoms with E-state index in [-0.39, 0.29) is 39.9 Å². The SMILES string of the molecule is CC(Cc1cc(C(C)(C)C)c(O)c(C(C)(C)C)c1)C(=O)OC1CC(C)(C)N(C)C(C)(C)C1. The van der Waals surface area contributed by atoms with Gasteiger partial charge in [-0.25, -0.2) is 0 Å². The summed E-state index contributed by atoms with van der Waals surface area (Å²) < 4.78 is 6.05. The summed E-state index contributed by atoms with van der Waals surface area (Å²) in [6, 6.07) is 4.13. The Labute approximate surface area is 196 Å². The van der Waals surface area contributed by atoms with E-state index in [0.29, 0.717) is 12.2 Å². The Morgan fingerprint density at radius 1 is 1.03 bits per heavy atom. The molecule has 0 spiro atoms. The molecular weight excluding hydrogens is 398 g/mol. The molecule has 1 N–H and O–H groups in total. The van der Waals surface area contributed by atoms with Crippen LogP contribution in [0.3, 0.4) is 0 Å². The summed E-state index contributed by atoms with van der Waals surface area (Å²) in [5.41, 5.74) is 2.53. The number of hydrogen-bond donors (Lipinski definition) is 1. The second kappa shape index (κ2) is 8.66. The molecular formula is C28H47NO3. The topological polar surface area (TPSA) is 49.8 Å². The van der Waals surface area contributed by atoms with E-state index in [1.807, 2.05) is 6.92 Å². The van der Waals surface area contributed by atoms with Crippen LogP contribution >= 0.6 is 0 Å². The predicted octanol–water partition coefficient (Wildman–Crippen LogP) is 6.36. The fraction of sp³-hybridized carbons (Fsp3) is 0.750. The van der Waals surface area contributed by atoms with E-state index >= 15 is 0 Å². The minimum atomic E-state index is -0.244. The number of likely N-dealkylation sites (tertiary alicyclic amines) is 1. The van der Waals surface area contributed by atoms with Crippen molar-refractivity contribution >= 4 is 5.97 Å². The largest absolute Gasteiger partial charge is 0.507 e. The number of carbonyl (C=O) groups is 1. The fourth-order valence-electron chi connectivity index (χ4n) is 5.04. The van der Waals surface area contributed by atoms with Gasteiger partial charge in [0.05, 0.1) is 5.92 Å². The van der Waals surface area contributed by atoms with Gasteiger partial charge in [0.1, 0.15) is 11.9 Å². The number of benzene rings is 1. The second-order valence-corrected chi connectivity index (χ2v) is 13.3. The number of aromatic hydroxyl groups is 1. The van der Waals surface area contributed by atoms with E-state index in [1.165, 1.54) is 0 Å². The molecule has 1 atom stereocenters. The predicted molar refractivity (Wildman–Crippen MR) is 133 cm³/mol. The van der Waals surface area contributed by atoms with E-state index in [9.17, 15) is 9.90 Å². The molecule has 1 aromatic carbocycles. The van der Waals surface area contributed by atoms with Crippen LogP contribution in [0.15, 0.2) is 12.1 Å². The van der Waals surface area contributed by atoms with Crippen LogP contribution in [0, 0.1) is 5.92 Å². The summed E-state index contributed by atoms with van der Waals surface area (Å²) in [6.45, 7) is 23.5. The first-order chi connectivity index (χ1) is 14.3. The van der Waals surface area contributed by atoms with Gasteiger partial charge in [-0.15, -0.1) is 0 Å². The molecule has 0 aliphatic carbocycles. The average molecular weight is 446 g/mol. The molecule has 4 nitrogen and oxygen atoms in total. The van der Waals surface area contributed by atoms with Gasteiger partial charge >= 0.3 is 5.97 Å². The van der Waals surface area contributed by atoms with Crippen molar-refractivity contribution in [3.63, 3.8) is 0 Å². The van der Waals surface area contributed by atoms with E-state index in [2.05, 4.69) is 93.3 Å². The average Bonchev–Trinajstić information content (AvgIpc) is 2.58. The van der Waals surface area contributed by atoms with Crippen LogP contribution in [-0.2, 0) is 26.8 Å². The summed E-state index contributed by atoms with van der Waals surface area (Å²) in [6.07, 6.45) is 2.21. The first kappa shape index (κ1) is 26.7. The van der Waals surface area contributed by atoms with Gasteiger partial charge in [0.2, 0.25) is 0 Å². The molecule has 1 saturated heterocycles. The molecule has 1 heterocycles. The molecule has 1 unspecified atom stereocenters. The van der Waals surface area contributed by atoms with Crippen LogP contribution in [-0.4, -0.2) is 40.2 Å². The molecule has 1 fully saturated rings. The molecule has 0 amide bonds. The van der Waals surface area contributed by atoms with Crippen molar-refractivity contribution in [3.8, 4) is 5.75 Å². The number of piperidine rings is 1. The first-order valence-electron chi connectivity index (χ1n) is 12.1. The van der Waals surface area contributed by atoms with Crippen LogP contribution in [0.25, 0.3) is 0 Å². The number of esters is 1. The summed E-state index contributed by atoms with van der Waals surface area (Å²) >= 11 is 0. The Kier molecular flexibility index (Phi) is 7.23. The van der Waals surface area contributed by atoms with Crippen LogP contribution in [0.1, 0.15) is 106 Å². The lowest BCUT2D eigenvalue weighted by atomic mass is 9.77. The third-order valence-electron chi connectivity index (χ3n) is 7.28. The summed E-state index contributed by atoms with van der Waals surface area (Å²) in [5, 5.41) is 11.0. The highest BCUT2D eigenvalue weighted by molar-refractivity contribution is 5.72. The van der Waals surface area contributed by atoms with Crippen molar-refractivity contribution in [1.29, 1.82) is 0 Å². The van der Waals surface area contributed by atoms with Crippen LogP contribution < -0.4 is 0 Å². The van der Waals surface area contributed by atoms with E-state index in [1.54, 1.807) is 0 Å². The Morgan fingerprint density at radius 3 is 1.81 bits per heavy atom. The number of ether oxygens (including phenoxy) is 1. The third kappa shape index (κ3) is 5.87. The standard InChI is InChI=1S/C28H47NO3/c1-18(24(31)32-20-16-27(8,9)29(12)28(10,11)17-20)13-19-14-21(25(2,3)4)23(30)22(15-19)26(5,6)7/h14-15,18,20,30H,13,16-17H2,1-12H3. The number of phenols is 1. The van der Waals surface area contributed by atoms with Crippen molar-refractivity contribution < 1.29 is 14.6 Å². The lowest BCUT2D eigenvalue weighted by molar-refractivity contribution is -0.163. The zero-order valence-corrected chi connectivity index (χ0v) is 22.6. The van der Waals surface area contributed by atoms with Gasteiger partial charge in [-0.05, 0) is 68.7 Å². The normalized spacial score (nSPS) is 20.8. The molecule has 0 aromatic heterocycles. The molecule has 1 aliphatic rings. The number of hydrogen-bond acceptors (Lipinski definition) is 4. The molecule has 1 aliphatic heterocycles. The van der Waals surface area contributed by atoms with Crippen molar-refractivity contribution in [2.45, 2.75) is 123 Å². The molecule has 0 bridgehead atoms. The van der Waals surface area contributed by atoms with E-state index < -0.39 is 0 Å². The van der Waals surface area contributed by atoms with Crippen molar-refractivity contribution in [1.82, 2.24) is 4.90 Å². The smallest absolute Gasteiger partial charge is 0.309 e. The molecule has 32 heavy (non-hydrogen) atoms. The van der Waals surface area contributed by atoms with Gasteiger partial charge in [0.15, 0.2) is 0 Å². The Bertz CT molecular complexity index is 786. The highest BCUT2D eigenvalue weighted by atomic mass is 16.5. The summed E-state index contributed by atoms with van der Waals surface area (Å²) in [4.78, 5) is 15.5. The summed E-state index contributed by atoms with van der Waals surface area (Å²) in [7, 11) is 2.16. The zero-order valence-electron chi connectivity index (χ0n) is 22.6. The minimum Gasteiger partial charge on any atom is -0.507 e. The monoisotopic (exact) mass is 445 g/mol. The quantitative estimate of drug-likeness (QED) is 0.548. The molecule has 182 valence electrons. The first-order valence-corrected chi connectivity index (χ1v) is 12.1. The van der Waals surface area contributed by atoms with E-state index in [0.717, 1.165) is 29.5 Å². The molecule has 0 saturated carbocycles. The van der Waals surface area contributed by atoms with Crippen LogP contribution in [0.5, 0.6) is 5.75 Å². The number of nitrogens with zero attached hydrogens (tertiary/aromatic N) is 1. The minimum absolute atomic E-state index is 0.0177. The van der Waals surface area contributed by atoms with Gasteiger partial charge in [0, 0.05) is 23.9 Å². The molecule has 0 radical (unpaired) electrons. The summed E-state index contributed by atoms with van der Waals surface area (Å²) in [5.74, 6) is -0.000302. The van der Waals surface area contributed by atoms with Gasteiger partial charge in [-0.1, -0.05) is 60.6 Å². The molecule has 2 rings (SSSR count). The van der Waals surface area contributed by atoms with Gasteiger partial charge in [0.25, 0.3) is 0 Å². The second-order valence-electron chi connectivity index (χ2n) is 13.3. The van der Waals surface area contributed by atoms with E-state index in [4.69, 9.17) is 4.74 Å². The van der Waals surface area contributed by atoms with Crippen molar-refractivity contribution in [2.75, 3.05) is 7.05 Å². The maximum absolute atomic E-state index is 13.1.